The van der Waals surface area contributed by atoms with Crippen LogP contribution in [0.5, 0.6) is 0 Å². The second kappa shape index (κ2) is 12.7. The van der Waals surface area contributed by atoms with Crippen molar-refractivity contribution in [1.82, 2.24) is 0 Å². The number of aliphatic hydroxyl groups excluding tert-OH is 1. The molecule has 1 fully saturated rings. The first kappa shape index (κ1) is 25.2. The molecule has 1 aliphatic rings. The van der Waals surface area contributed by atoms with Crippen LogP contribution >= 0.6 is 0 Å². The molecule has 0 saturated heterocycles. The number of aryl methyl sites for hydroxylation is 2. The molecule has 178 valence electrons. The Bertz CT molecular complexity index is 938. The molecule has 0 aliphatic heterocycles. The van der Waals surface area contributed by atoms with Gasteiger partial charge in [-0.15, -0.1) is 0 Å². The summed E-state index contributed by atoms with van der Waals surface area (Å²) >= 11 is 0. The van der Waals surface area contributed by atoms with Crippen molar-refractivity contribution < 1.29 is 14.6 Å². The Kier molecular flexibility index (Phi) is 9.75. The van der Waals surface area contributed by atoms with Crippen molar-refractivity contribution in [2.75, 3.05) is 13.2 Å². The molecular formula is C30H40O3. The molecule has 0 heterocycles. The fourth-order valence-corrected chi connectivity index (χ4v) is 5.27. The molecule has 0 radical (unpaired) electrons. The van der Waals surface area contributed by atoms with Crippen molar-refractivity contribution in [2.45, 2.75) is 84.0 Å². The summed E-state index contributed by atoms with van der Waals surface area (Å²) in [4.78, 5) is 11.5. The normalized spacial score (nSPS) is 14.3. The zero-order chi connectivity index (χ0) is 23.6. The third kappa shape index (κ3) is 6.57. The van der Waals surface area contributed by atoms with Gasteiger partial charge in [0.1, 0.15) is 0 Å². The van der Waals surface area contributed by atoms with E-state index in [9.17, 15) is 9.90 Å². The number of hydrogen-bond donors (Lipinski definition) is 1. The van der Waals surface area contributed by atoms with Crippen LogP contribution in [0.15, 0.2) is 43.0 Å². The first-order valence-corrected chi connectivity index (χ1v) is 12.8. The molecule has 3 heteroatoms. The van der Waals surface area contributed by atoms with E-state index in [0.717, 1.165) is 25.7 Å². The molecule has 0 aromatic heterocycles. The van der Waals surface area contributed by atoms with E-state index in [0.29, 0.717) is 18.9 Å². The summed E-state index contributed by atoms with van der Waals surface area (Å²) in [7, 11) is 0. The van der Waals surface area contributed by atoms with Gasteiger partial charge in [-0.1, -0.05) is 70.0 Å². The molecule has 0 amide bonds. The van der Waals surface area contributed by atoms with E-state index in [1.807, 2.05) is 0 Å². The topological polar surface area (TPSA) is 46.5 Å². The average molecular weight is 449 g/mol. The predicted octanol–water partition coefficient (Wildman–Crippen LogP) is 6.72. The quantitative estimate of drug-likeness (QED) is 0.306. The lowest BCUT2D eigenvalue weighted by Gasteiger charge is -2.24. The molecule has 0 atom stereocenters. The van der Waals surface area contributed by atoms with Gasteiger partial charge in [0.05, 0.1) is 6.61 Å². The average Bonchev–Trinajstić information content (AvgIpc) is 2.87. The fraction of sp³-hybridized carbons (Fsp3) is 0.500. The van der Waals surface area contributed by atoms with Gasteiger partial charge in [0.15, 0.2) is 0 Å². The second-order valence-electron chi connectivity index (χ2n) is 9.18. The molecule has 3 rings (SSSR count). The van der Waals surface area contributed by atoms with E-state index in [2.05, 4.69) is 50.8 Å². The molecular weight excluding hydrogens is 408 g/mol. The van der Waals surface area contributed by atoms with Crippen molar-refractivity contribution in [3.63, 3.8) is 0 Å². The van der Waals surface area contributed by atoms with Gasteiger partial charge in [-0.3, -0.25) is 0 Å². The highest BCUT2D eigenvalue weighted by Gasteiger charge is 2.18. The lowest BCUT2D eigenvalue weighted by molar-refractivity contribution is -0.137. The summed E-state index contributed by atoms with van der Waals surface area (Å²) in [6.45, 7) is 8.44. The van der Waals surface area contributed by atoms with Crippen LogP contribution in [0.2, 0.25) is 0 Å². The Morgan fingerprint density at radius 2 is 1.76 bits per heavy atom. The number of rotatable bonds is 11. The monoisotopic (exact) mass is 448 g/mol. The summed E-state index contributed by atoms with van der Waals surface area (Å²) in [5.74, 6) is 0.325. The van der Waals surface area contributed by atoms with E-state index < -0.39 is 0 Å². The Balaban J connectivity index is 1.97. The number of carbonyl (C=O) groups excluding carboxylic acids is 1. The Morgan fingerprint density at radius 3 is 2.42 bits per heavy atom. The minimum absolute atomic E-state index is 0.179. The molecule has 1 saturated carbocycles. The largest absolute Gasteiger partial charge is 0.462 e. The summed E-state index contributed by atoms with van der Waals surface area (Å²) < 4.78 is 5.30. The van der Waals surface area contributed by atoms with Crippen LogP contribution in [-0.2, 0) is 35.2 Å². The van der Waals surface area contributed by atoms with Crippen LogP contribution in [0, 0.1) is 0 Å². The number of aliphatic hydroxyl groups is 1. The maximum atomic E-state index is 11.5. The fourth-order valence-electron chi connectivity index (χ4n) is 5.27. The summed E-state index contributed by atoms with van der Waals surface area (Å²) in [6, 6.07) is 11.7. The van der Waals surface area contributed by atoms with Gasteiger partial charge in [0, 0.05) is 19.1 Å². The maximum Gasteiger partial charge on any atom is 0.330 e. The zero-order valence-electron chi connectivity index (χ0n) is 20.5. The second-order valence-corrected chi connectivity index (χ2v) is 9.18. The van der Waals surface area contributed by atoms with Crippen LogP contribution in [0.1, 0.15) is 86.1 Å². The third-order valence-corrected chi connectivity index (χ3v) is 7.08. The Hall–Kier alpha value is -2.39. The van der Waals surface area contributed by atoms with Crippen LogP contribution < -0.4 is 0 Å². The third-order valence-electron chi connectivity index (χ3n) is 7.08. The van der Waals surface area contributed by atoms with Crippen molar-refractivity contribution in [3.8, 4) is 11.1 Å². The first-order valence-electron chi connectivity index (χ1n) is 12.8. The first-order chi connectivity index (χ1) is 16.1. The van der Waals surface area contributed by atoms with Crippen LogP contribution in [0.3, 0.4) is 0 Å². The van der Waals surface area contributed by atoms with Crippen molar-refractivity contribution >= 4 is 5.97 Å². The van der Waals surface area contributed by atoms with Crippen molar-refractivity contribution in [3.05, 3.63) is 70.8 Å². The summed E-state index contributed by atoms with van der Waals surface area (Å²) in [5, 5.41) is 9.42. The van der Waals surface area contributed by atoms with Gasteiger partial charge in [0.25, 0.3) is 0 Å². The smallest absolute Gasteiger partial charge is 0.330 e. The highest BCUT2D eigenvalue weighted by atomic mass is 16.5. The van der Waals surface area contributed by atoms with Crippen LogP contribution in [0.25, 0.3) is 11.1 Å². The molecule has 2 aromatic rings. The number of benzene rings is 2. The van der Waals surface area contributed by atoms with Crippen molar-refractivity contribution in [2.24, 2.45) is 0 Å². The molecule has 33 heavy (non-hydrogen) atoms. The molecule has 3 nitrogen and oxygen atoms in total. The van der Waals surface area contributed by atoms with Crippen molar-refractivity contribution in [1.29, 1.82) is 0 Å². The predicted molar refractivity (Wildman–Crippen MR) is 137 cm³/mol. The lowest BCUT2D eigenvalue weighted by atomic mass is 9.82. The highest BCUT2D eigenvalue weighted by molar-refractivity contribution is 5.81. The Morgan fingerprint density at radius 1 is 1.03 bits per heavy atom. The van der Waals surface area contributed by atoms with E-state index in [1.54, 1.807) is 0 Å². The van der Waals surface area contributed by atoms with E-state index >= 15 is 0 Å². The SMILES string of the molecule is C=CC(=O)OCCc1cc(-c2ccc(C3CCCCC3)cc2CC)cc(CC)c1CCCO. The molecule has 1 N–H and O–H groups in total. The lowest BCUT2D eigenvalue weighted by Crippen LogP contribution is -2.09. The van der Waals surface area contributed by atoms with E-state index in [4.69, 9.17) is 4.74 Å². The van der Waals surface area contributed by atoms with Gasteiger partial charge < -0.3 is 9.84 Å². The van der Waals surface area contributed by atoms with Gasteiger partial charge >= 0.3 is 5.97 Å². The molecule has 0 bridgehead atoms. The van der Waals surface area contributed by atoms with Gasteiger partial charge in [0.2, 0.25) is 0 Å². The molecule has 0 unspecified atom stereocenters. The number of esters is 1. The standard InChI is InChI=1S/C30H40O3/c1-4-22-19-25(24-11-8-7-9-12-24)14-15-29(22)27-20-23(5-2)28(13-10-17-31)26(21-27)16-18-33-30(32)6-3/h6,14-15,19-21,24,31H,3-5,7-13,16-18H2,1-2H3. The molecule has 1 aliphatic carbocycles. The summed E-state index contributed by atoms with van der Waals surface area (Å²) in [5.41, 5.74) is 9.30. The van der Waals surface area contributed by atoms with E-state index in [-0.39, 0.29) is 12.6 Å². The summed E-state index contributed by atoms with van der Waals surface area (Å²) in [6.07, 6.45) is 12.1. The highest BCUT2D eigenvalue weighted by Crippen LogP contribution is 2.36. The van der Waals surface area contributed by atoms with Gasteiger partial charge in [-0.2, -0.15) is 0 Å². The molecule has 0 spiro atoms. The van der Waals surface area contributed by atoms with Crippen LogP contribution in [-0.4, -0.2) is 24.3 Å². The number of carbonyl (C=O) groups is 1. The van der Waals surface area contributed by atoms with Gasteiger partial charge in [-0.05, 0) is 83.4 Å². The minimum atomic E-state index is -0.384. The van der Waals surface area contributed by atoms with Gasteiger partial charge in [-0.25, -0.2) is 4.79 Å². The maximum absolute atomic E-state index is 11.5. The minimum Gasteiger partial charge on any atom is -0.462 e. The number of ether oxygens (including phenoxy) is 1. The van der Waals surface area contributed by atoms with E-state index in [1.165, 1.54) is 77.1 Å². The Labute approximate surface area is 199 Å². The number of hydrogen-bond acceptors (Lipinski definition) is 3. The molecule has 2 aromatic carbocycles. The van der Waals surface area contributed by atoms with Crippen LogP contribution in [0.4, 0.5) is 0 Å². The zero-order valence-corrected chi connectivity index (χ0v) is 20.5.